The first-order chi connectivity index (χ1) is 46.1. The molecule has 0 bridgehead atoms. The van der Waals surface area contributed by atoms with E-state index in [-0.39, 0.29) is 0 Å². The van der Waals surface area contributed by atoms with Gasteiger partial charge in [-0.25, -0.2) is 0 Å². The van der Waals surface area contributed by atoms with Gasteiger partial charge in [0.1, 0.15) is 0 Å². The molecule has 0 atom stereocenters. The largest absolute Gasteiger partial charge is 0.309 e. The topological polar surface area (TPSA) is 19.7 Å². The van der Waals surface area contributed by atoms with Crippen molar-refractivity contribution in [2.75, 3.05) is 0 Å². The van der Waals surface area contributed by atoms with E-state index in [1.165, 1.54) is 173 Å². The molecule has 4 nitrogen and oxygen atoms in total. The molecule has 0 spiro atoms. The van der Waals surface area contributed by atoms with Crippen LogP contribution in [0.3, 0.4) is 0 Å². The molecule has 0 radical (unpaired) electrons. The van der Waals surface area contributed by atoms with E-state index in [9.17, 15) is 0 Å². The average Bonchev–Trinajstić information content (AvgIpc) is 1.65. The van der Waals surface area contributed by atoms with Gasteiger partial charge in [0.05, 0.1) is 44.1 Å². The Morgan fingerprint density at radius 3 is 0.591 bits per heavy atom. The average molecular weight is 1190 g/mol. The van der Waals surface area contributed by atoms with Crippen LogP contribution in [-0.2, 0) is 0 Å². The predicted octanol–water partition coefficient (Wildman–Crippen LogP) is 20.1. The van der Waals surface area contributed by atoms with Crippen molar-refractivity contribution < 1.29 is 0 Å². The van der Waals surface area contributed by atoms with Gasteiger partial charge < -0.3 is 18.3 Å². The van der Waals surface area contributed by atoms with Crippen molar-refractivity contribution in [1.82, 2.24) is 18.3 Å². The molecular weight excluding hydrogens is 1140 g/mol. The van der Waals surface area contributed by atoms with Crippen LogP contribution in [-0.4, -0.2) is 26.3 Å². The van der Waals surface area contributed by atoms with Crippen LogP contribution in [0.15, 0.2) is 315 Å². The Labute approximate surface area is 533 Å². The molecule has 22 rings (SSSR count). The minimum absolute atomic E-state index is 1.12. The third-order valence-corrected chi connectivity index (χ3v) is 26.0. The second-order valence-corrected chi connectivity index (χ2v) is 29.8. The molecule has 0 aliphatic carbocycles. The van der Waals surface area contributed by atoms with E-state index in [1.807, 2.05) is 0 Å². The molecule has 428 valence electrons. The molecule has 93 heavy (non-hydrogen) atoms. The lowest BCUT2D eigenvalue weighted by Gasteiger charge is -2.36. The van der Waals surface area contributed by atoms with E-state index in [0.29, 0.717) is 0 Å². The standard InChI is InChI=1S/C88H52N4Si/c1-3-15-63-45-69(43-41-53(63)13-1)93(70-44-42-54-14-2-4-16-64(54)46-70,71-49-65(89-73-25-5-17-55-33-34-56-18-6-26-74(89)82(56)81(55)73)47-66(50-71)90-75-27-7-19-57-35-36-58-20-8-28-76(90)84(58)83(57)75)72-51-67(91-77-29-9-21-59-37-38-60-22-10-30-78(91)86(60)85(59)77)48-68(52-72)92-79-31-11-23-61-39-40-62-24-12-32-80(92)88(62)87(61)79/h1-52H. The quantitative estimate of drug-likeness (QED) is 0.0821. The van der Waals surface area contributed by atoms with Gasteiger partial charge in [0.25, 0.3) is 0 Å². The minimum atomic E-state index is -3.79. The highest BCUT2D eigenvalue weighted by molar-refractivity contribution is 7.20. The van der Waals surface area contributed by atoms with Gasteiger partial charge in [-0.15, -0.1) is 0 Å². The van der Waals surface area contributed by atoms with Gasteiger partial charge in [-0.1, -0.05) is 231 Å². The monoisotopic (exact) mass is 1190 g/mol. The molecule has 0 fully saturated rings. The summed E-state index contributed by atoms with van der Waals surface area (Å²) in [4.78, 5) is 0. The number of benzene rings is 18. The Morgan fingerprint density at radius 1 is 0.151 bits per heavy atom. The van der Waals surface area contributed by atoms with Crippen molar-refractivity contribution >= 4 is 181 Å². The number of fused-ring (bicyclic) bond motifs is 2. The van der Waals surface area contributed by atoms with Gasteiger partial charge >= 0.3 is 0 Å². The zero-order valence-corrected chi connectivity index (χ0v) is 51.3. The fraction of sp³-hybridized carbons (Fsp3) is 0. The summed E-state index contributed by atoms with van der Waals surface area (Å²) in [5.41, 5.74) is 14.0. The SMILES string of the molecule is c1ccc2cc([Si](c3cc(-n4c5cccc6ccc7cccc4c7c65)cc(-n4c5cccc6ccc7cccc4c7c65)c3)(c3cc(-n4c5cccc6ccc7cccc4c7c65)cc(-n4c5cccc6ccc7cccc4c7c65)c3)c3ccc4ccccc4c3)ccc2c1. The maximum atomic E-state index is 2.63. The van der Waals surface area contributed by atoms with Crippen LogP contribution < -0.4 is 20.7 Å². The van der Waals surface area contributed by atoms with Gasteiger partial charge in [-0.05, 0) is 170 Å². The van der Waals surface area contributed by atoms with Crippen LogP contribution in [0.5, 0.6) is 0 Å². The highest BCUT2D eigenvalue weighted by atomic mass is 28.3. The summed E-state index contributed by atoms with van der Waals surface area (Å²) in [6.45, 7) is 0. The van der Waals surface area contributed by atoms with Crippen LogP contribution in [0, 0.1) is 0 Å². The maximum Gasteiger partial charge on any atom is 0.179 e. The van der Waals surface area contributed by atoms with Gasteiger partial charge in [0, 0.05) is 65.8 Å². The Balaban J connectivity index is 0.970. The van der Waals surface area contributed by atoms with Crippen molar-refractivity contribution in [2.24, 2.45) is 0 Å². The number of nitrogens with zero attached hydrogens (tertiary/aromatic N) is 4. The molecule has 22 aromatic rings. The highest BCUT2D eigenvalue weighted by Crippen LogP contribution is 2.45. The van der Waals surface area contributed by atoms with Gasteiger partial charge in [0.2, 0.25) is 0 Å². The predicted molar refractivity (Wildman–Crippen MR) is 397 cm³/mol. The van der Waals surface area contributed by atoms with E-state index in [4.69, 9.17) is 0 Å². The third-order valence-electron chi connectivity index (χ3n) is 21.4. The number of hydrogen-bond acceptors (Lipinski definition) is 0. The first-order valence-electron chi connectivity index (χ1n) is 32.4. The van der Waals surface area contributed by atoms with Crippen LogP contribution in [0.2, 0.25) is 0 Å². The van der Waals surface area contributed by atoms with Crippen molar-refractivity contribution in [1.29, 1.82) is 0 Å². The molecule has 0 saturated carbocycles. The second-order valence-electron chi connectivity index (χ2n) is 26.0. The van der Waals surface area contributed by atoms with Crippen molar-refractivity contribution in [2.45, 2.75) is 0 Å². The Morgan fingerprint density at radius 2 is 0.355 bits per heavy atom. The second kappa shape index (κ2) is 18.1. The first kappa shape index (κ1) is 49.8. The summed E-state index contributed by atoms with van der Waals surface area (Å²) in [6, 6.07) is 122. The third kappa shape index (κ3) is 6.57. The minimum Gasteiger partial charge on any atom is -0.309 e. The lowest BCUT2D eigenvalue weighted by molar-refractivity contribution is 1.14. The molecule has 0 aliphatic rings. The summed E-state index contributed by atoms with van der Waals surface area (Å²) in [7, 11) is -3.79. The maximum absolute atomic E-state index is 3.79. The van der Waals surface area contributed by atoms with Crippen molar-refractivity contribution in [3.05, 3.63) is 315 Å². The fourth-order valence-electron chi connectivity index (χ4n) is 17.6. The molecule has 18 aromatic carbocycles. The first-order valence-corrected chi connectivity index (χ1v) is 34.4. The van der Waals surface area contributed by atoms with Crippen LogP contribution in [0.4, 0.5) is 0 Å². The molecule has 0 amide bonds. The molecule has 0 saturated heterocycles. The highest BCUT2D eigenvalue weighted by Gasteiger charge is 2.44. The Hall–Kier alpha value is -12.0. The molecule has 5 heteroatoms. The fourth-order valence-corrected chi connectivity index (χ4v) is 22.4. The summed E-state index contributed by atoms with van der Waals surface area (Å²) < 4.78 is 10.4. The van der Waals surface area contributed by atoms with Crippen LogP contribution in [0.1, 0.15) is 0 Å². The van der Waals surface area contributed by atoms with E-state index < -0.39 is 8.07 Å². The molecular formula is C88H52N4Si. The van der Waals surface area contributed by atoms with Gasteiger partial charge in [0.15, 0.2) is 8.07 Å². The zero-order valence-electron chi connectivity index (χ0n) is 50.3. The lowest BCUT2D eigenvalue weighted by Crippen LogP contribution is -2.75. The molecule has 4 heterocycles. The van der Waals surface area contributed by atoms with E-state index >= 15 is 0 Å². The Kier molecular flexibility index (Phi) is 9.70. The summed E-state index contributed by atoms with van der Waals surface area (Å²) in [5.74, 6) is 0. The molecule has 4 aromatic heterocycles. The van der Waals surface area contributed by atoms with Crippen molar-refractivity contribution in [3.8, 4) is 22.7 Å². The van der Waals surface area contributed by atoms with Gasteiger partial charge in [-0.2, -0.15) is 0 Å². The number of rotatable bonds is 8. The summed E-state index contributed by atoms with van der Waals surface area (Å²) in [6.07, 6.45) is 0. The zero-order chi connectivity index (χ0) is 60.4. The number of aromatic nitrogens is 4. The van der Waals surface area contributed by atoms with E-state index in [1.54, 1.807) is 0 Å². The van der Waals surface area contributed by atoms with Crippen molar-refractivity contribution in [3.63, 3.8) is 0 Å². The summed E-state index contributed by atoms with van der Waals surface area (Å²) >= 11 is 0. The van der Waals surface area contributed by atoms with Gasteiger partial charge in [-0.3, -0.25) is 0 Å². The Bertz CT molecular complexity index is 5880. The summed E-state index contributed by atoms with van der Waals surface area (Å²) in [5, 5.41) is 30.3. The smallest absolute Gasteiger partial charge is 0.179 e. The molecule has 0 unspecified atom stereocenters. The molecule has 0 aliphatic heterocycles. The van der Waals surface area contributed by atoms with E-state index in [2.05, 4.69) is 334 Å². The van der Waals surface area contributed by atoms with Crippen LogP contribution >= 0.6 is 0 Å². The lowest BCUT2D eigenvalue weighted by atomic mass is 10.0. The normalized spacial score (nSPS) is 12.7. The van der Waals surface area contributed by atoms with Crippen LogP contribution in [0.25, 0.3) is 175 Å². The molecule has 0 N–H and O–H groups in total. The number of hydrogen-bond donors (Lipinski definition) is 0. The van der Waals surface area contributed by atoms with E-state index in [0.717, 1.165) is 22.7 Å².